The molecule has 1 aromatic carbocycles. The van der Waals surface area contributed by atoms with Crippen molar-refractivity contribution in [3.63, 3.8) is 0 Å². The van der Waals surface area contributed by atoms with Gasteiger partial charge in [0.05, 0.1) is 16.4 Å². The summed E-state index contributed by atoms with van der Waals surface area (Å²) in [6, 6.07) is 12.8. The Kier molecular flexibility index (Phi) is 8.95. The highest BCUT2D eigenvalue weighted by atomic mass is 35.5. The van der Waals surface area contributed by atoms with Gasteiger partial charge in [0, 0.05) is 30.9 Å². The van der Waals surface area contributed by atoms with Crippen LogP contribution in [0.25, 0.3) is 0 Å². The molecule has 1 N–H and O–H groups in total. The van der Waals surface area contributed by atoms with E-state index in [4.69, 9.17) is 11.6 Å². The van der Waals surface area contributed by atoms with E-state index in [1.54, 1.807) is 6.20 Å². The molecule has 0 fully saturated rings. The molecule has 176 valence electrons. The molecular weight excluding hydrogens is 435 g/mol. The van der Waals surface area contributed by atoms with E-state index in [2.05, 4.69) is 47.1 Å². The smallest absolute Gasteiger partial charge is 0.123 e. The lowest BCUT2D eigenvalue weighted by molar-refractivity contribution is 0.311. The van der Waals surface area contributed by atoms with Gasteiger partial charge in [0.1, 0.15) is 5.82 Å². The van der Waals surface area contributed by atoms with E-state index in [-0.39, 0.29) is 11.2 Å². The normalized spacial score (nSPS) is 11.8. The molecule has 0 radical (unpaired) electrons. The number of pyridine rings is 2. The Morgan fingerprint density at radius 3 is 2.55 bits per heavy atom. The summed E-state index contributed by atoms with van der Waals surface area (Å²) in [5, 5.41) is 4.15. The van der Waals surface area contributed by atoms with Gasteiger partial charge in [-0.15, -0.1) is 0 Å². The Bertz CT molecular complexity index is 1040. The van der Waals surface area contributed by atoms with Gasteiger partial charge in [0.2, 0.25) is 0 Å². The Hall–Kier alpha value is -2.34. The van der Waals surface area contributed by atoms with E-state index in [1.165, 1.54) is 17.7 Å². The number of nitrogens with one attached hydrogen (secondary N) is 1. The summed E-state index contributed by atoms with van der Waals surface area (Å²) < 4.78 is 13.4. The standard InChI is InChI=1S/C27H34ClFN4/c1-20-16-22(28)17-32-25(20)18-30-13-5-6-15-33(4)19-26-24(8-7-14-31-26)27(2,3)21-9-11-23(29)12-10-21/h7-12,14,16-17,30H,5-6,13,15,18-19H2,1-4H3. The second-order valence-electron chi connectivity index (χ2n) is 9.17. The van der Waals surface area contributed by atoms with E-state index in [0.717, 1.165) is 61.5 Å². The molecule has 0 bridgehead atoms. The maximum atomic E-state index is 13.4. The predicted octanol–water partition coefficient (Wildman–Crippen LogP) is 5.91. The van der Waals surface area contributed by atoms with Crippen LogP contribution in [-0.4, -0.2) is 35.0 Å². The van der Waals surface area contributed by atoms with Crippen molar-refractivity contribution < 1.29 is 4.39 Å². The lowest BCUT2D eigenvalue weighted by Gasteiger charge is -2.29. The predicted molar refractivity (Wildman–Crippen MR) is 134 cm³/mol. The minimum atomic E-state index is -0.254. The Labute approximate surface area is 202 Å². The average Bonchev–Trinajstić information content (AvgIpc) is 2.78. The van der Waals surface area contributed by atoms with Gasteiger partial charge in [0.15, 0.2) is 0 Å². The molecule has 0 amide bonds. The van der Waals surface area contributed by atoms with Gasteiger partial charge >= 0.3 is 0 Å². The van der Waals surface area contributed by atoms with Crippen molar-refractivity contribution in [2.75, 3.05) is 20.1 Å². The van der Waals surface area contributed by atoms with Gasteiger partial charge in [-0.3, -0.25) is 9.97 Å². The van der Waals surface area contributed by atoms with Gasteiger partial charge < -0.3 is 10.2 Å². The molecular formula is C27H34ClFN4. The van der Waals surface area contributed by atoms with Crippen LogP contribution < -0.4 is 5.32 Å². The third-order valence-corrected chi connectivity index (χ3v) is 6.35. The number of unbranched alkanes of at least 4 members (excludes halogenated alkanes) is 1. The van der Waals surface area contributed by atoms with Crippen molar-refractivity contribution >= 4 is 11.6 Å². The third kappa shape index (κ3) is 7.07. The van der Waals surface area contributed by atoms with Gasteiger partial charge in [-0.1, -0.05) is 43.6 Å². The van der Waals surface area contributed by atoms with Crippen LogP contribution in [0.3, 0.4) is 0 Å². The van der Waals surface area contributed by atoms with Crippen molar-refractivity contribution in [3.8, 4) is 0 Å². The molecule has 2 heterocycles. The second kappa shape index (κ2) is 11.7. The summed E-state index contributed by atoms with van der Waals surface area (Å²) in [5.74, 6) is -0.213. The van der Waals surface area contributed by atoms with E-state index in [0.29, 0.717) is 5.02 Å². The van der Waals surface area contributed by atoms with Crippen molar-refractivity contribution in [2.24, 2.45) is 0 Å². The Morgan fingerprint density at radius 2 is 1.82 bits per heavy atom. The number of rotatable bonds is 11. The first-order valence-corrected chi connectivity index (χ1v) is 11.9. The van der Waals surface area contributed by atoms with Crippen LogP contribution in [0.1, 0.15) is 54.8 Å². The number of aryl methyl sites for hydroxylation is 1. The zero-order chi connectivity index (χ0) is 23.8. The summed E-state index contributed by atoms with van der Waals surface area (Å²) in [6.07, 6.45) is 5.74. The maximum Gasteiger partial charge on any atom is 0.123 e. The minimum absolute atomic E-state index is 0.213. The lowest BCUT2D eigenvalue weighted by Crippen LogP contribution is -2.26. The zero-order valence-electron chi connectivity index (χ0n) is 20.0. The van der Waals surface area contributed by atoms with E-state index < -0.39 is 0 Å². The summed E-state index contributed by atoms with van der Waals surface area (Å²) in [5.41, 5.74) is 5.23. The van der Waals surface area contributed by atoms with Crippen LogP contribution in [-0.2, 0) is 18.5 Å². The average molecular weight is 469 g/mol. The first-order valence-electron chi connectivity index (χ1n) is 11.5. The molecule has 6 heteroatoms. The van der Waals surface area contributed by atoms with E-state index >= 15 is 0 Å². The van der Waals surface area contributed by atoms with Crippen LogP contribution in [0.5, 0.6) is 0 Å². The first-order chi connectivity index (χ1) is 15.8. The zero-order valence-corrected chi connectivity index (χ0v) is 20.8. The summed E-state index contributed by atoms with van der Waals surface area (Å²) in [6.45, 7) is 9.86. The van der Waals surface area contributed by atoms with Crippen LogP contribution in [0.15, 0.2) is 54.9 Å². The van der Waals surface area contributed by atoms with Crippen molar-refractivity contribution in [3.05, 3.63) is 93.8 Å². The molecule has 4 nitrogen and oxygen atoms in total. The molecule has 3 aromatic rings. The van der Waals surface area contributed by atoms with Gasteiger partial charge in [-0.25, -0.2) is 4.39 Å². The molecule has 0 aliphatic carbocycles. The number of aromatic nitrogens is 2. The van der Waals surface area contributed by atoms with Crippen molar-refractivity contribution in [1.82, 2.24) is 20.2 Å². The molecule has 0 aliphatic rings. The number of hydrogen-bond donors (Lipinski definition) is 1. The van der Waals surface area contributed by atoms with Crippen molar-refractivity contribution in [2.45, 2.75) is 52.1 Å². The van der Waals surface area contributed by atoms with E-state index in [9.17, 15) is 4.39 Å². The number of halogens is 2. The fourth-order valence-electron chi connectivity index (χ4n) is 4.08. The van der Waals surface area contributed by atoms with Crippen LogP contribution in [0.2, 0.25) is 5.02 Å². The fraction of sp³-hybridized carbons (Fsp3) is 0.407. The summed E-state index contributed by atoms with van der Waals surface area (Å²) >= 11 is 5.97. The highest BCUT2D eigenvalue weighted by molar-refractivity contribution is 6.30. The summed E-state index contributed by atoms with van der Waals surface area (Å²) in [4.78, 5) is 11.4. The highest BCUT2D eigenvalue weighted by Crippen LogP contribution is 2.33. The van der Waals surface area contributed by atoms with Crippen molar-refractivity contribution in [1.29, 1.82) is 0 Å². The van der Waals surface area contributed by atoms with E-state index in [1.807, 2.05) is 37.4 Å². The molecule has 0 aliphatic heterocycles. The fourth-order valence-corrected chi connectivity index (χ4v) is 4.29. The van der Waals surface area contributed by atoms with Gasteiger partial charge in [0.25, 0.3) is 0 Å². The molecule has 2 aromatic heterocycles. The SMILES string of the molecule is Cc1cc(Cl)cnc1CNCCCCN(C)Cc1ncccc1C(C)(C)c1ccc(F)cc1. The molecule has 0 unspecified atom stereocenters. The number of hydrogen-bond acceptors (Lipinski definition) is 4. The lowest BCUT2D eigenvalue weighted by atomic mass is 9.77. The van der Waals surface area contributed by atoms with Gasteiger partial charge in [-0.2, -0.15) is 0 Å². The third-order valence-electron chi connectivity index (χ3n) is 6.14. The molecule has 0 saturated heterocycles. The quantitative estimate of drug-likeness (QED) is 0.355. The van der Waals surface area contributed by atoms with Crippen LogP contribution >= 0.6 is 11.6 Å². The Morgan fingerprint density at radius 1 is 1.06 bits per heavy atom. The summed E-state index contributed by atoms with van der Waals surface area (Å²) in [7, 11) is 2.14. The minimum Gasteiger partial charge on any atom is -0.311 e. The number of benzene rings is 1. The molecule has 3 rings (SSSR count). The monoisotopic (exact) mass is 468 g/mol. The van der Waals surface area contributed by atoms with Crippen LogP contribution in [0, 0.1) is 12.7 Å². The highest BCUT2D eigenvalue weighted by Gasteiger charge is 2.26. The molecule has 0 saturated carbocycles. The Balaban J connectivity index is 1.48. The maximum absolute atomic E-state index is 13.4. The molecule has 0 atom stereocenters. The largest absolute Gasteiger partial charge is 0.311 e. The topological polar surface area (TPSA) is 41.1 Å². The van der Waals surface area contributed by atoms with Crippen LogP contribution in [0.4, 0.5) is 4.39 Å². The second-order valence-corrected chi connectivity index (χ2v) is 9.60. The molecule has 33 heavy (non-hydrogen) atoms. The molecule has 0 spiro atoms. The number of nitrogens with zero attached hydrogens (tertiary/aromatic N) is 3. The first kappa shape index (κ1) is 25.3. The van der Waals surface area contributed by atoms with Gasteiger partial charge in [-0.05, 0) is 80.9 Å².